The average Bonchev–Trinajstić information content (AvgIpc) is 3.70. The lowest BCUT2D eigenvalue weighted by atomic mass is 10.0. The summed E-state index contributed by atoms with van der Waals surface area (Å²) in [5.41, 5.74) is 4.47. The zero-order valence-electron chi connectivity index (χ0n) is 21.9. The number of aryl methyl sites for hydroxylation is 1. The molecule has 0 unspecified atom stereocenters. The molecule has 10 heteroatoms. The maximum atomic E-state index is 13.0. The van der Waals surface area contributed by atoms with Gasteiger partial charge < -0.3 is 29.5 Å². The molecule has 1 aromatic heterocycles. The highest BCUT2D eigenvalue weighted by Crippen LogP contribution is 2.34. The van der Waals surface area contributed by atoms with Gasteiger partial charge >= 0.3 is 5.97 Å². The van der Waals surface area contributed by atoms with Crippen molar-refractivity contribution >= 4 is 29.2 Å². The molecule has 2 amide bonds. The Bertz CT molecular complexity index is 1360. The fourth-order valence-corrected chi connectivity index (χ4v) is 4.71. The first-order chi connectivity index (χ1) is 18.9. The predicted molar refractivity (Wildman–Crippen MR) is 144 cm³/mol. The highest BCUT2D eigenvalue weighted by molar-refractivity contribution is 6.05. The largest absolute Gasteiger partial charge is 0.481 e. The maximum Gasteiger partial charge on any atom is 0.305 e. The third-order valence-corrected chi connectivity index (χ3v) is 6.92. The molecular weight excluding hydrogens is 500 g/mol. The quantitative estimate of drug-likeness (QED) is 0.402. The zero-order chi connectivity index (χ0) is 27.4. The third kappa shape index (κ3) is 6.64. The van der Waals surface area contributed by atoms with Crippen molar-refractivity contribution in [1.29, 1.82) is 0 Å². The molecule has 10 nitrogen and oxygen atoms in total. The second-order valence-corrected chi connectivity index (χ2v) is 9.99. The van der Waals surface area contributed by atoms with Gasteiger partial charge in [-0.2, -0.15) is 0 Å². The fraction of sp³-hybridized carbons (Fsp3) is 0.379. The van der Waals surface area contributed by atoms with E-state index in [4.69, 9.17) is 14.4 Å². The molecule has 1 aliphatic carbocycles. The van der Waals surface area contributed by atoms with Gasteiger partial charge in [0.05, 0.1) is 31.0 Å². The number of amides is 2. The standard InChI is InChI=1S/C29H32N4O6/c1-19-15-25(31-39-19)28(36)30-24-17-23(7-8-26(24)32-11-13-38-14-12-32)22-4-2-3-20(16-22)18-33(10-9-27(34)35)29(37)21-5-6-21/h2-4,7-8,15-17,21H,5-6,9-14,18H2,1H3,(H,30,36)(H,34,35). The third-order valence-electron chi connectivity index (χ3n) is 6.92. The van der Waals surface area contributed by atoms with Crippen LogP contribution in [0.5, 0.6) is 0 Å². The number of benzene rings is 2. The van der Waals surface area contributed by atoms with Crippen LogP contribution >= 0.6 is 0 Å². The van der Waals surface area contributed by atoms with Crippen LogP contribution in [0, 0.1) is 12.8 Å². The molecule has 1 aliphatic heterocycles. The second-order valence-electron chi connectivity index (χ2n) is 9.99. The summed E-state index contributed by atoms with van der Waals surface area (Å²) in [4.78, 5) is 40.7. The number of morpholine rings is 1. The van der Waals surface area contributed by atoms with Crippen LogP contribution in [-0.4, -0.2) is 65.8 Å². The second kappa shape index (κ2) is 11.7. The van der Waals surface area contributed by atoms with E-state index < -0.39 is 5.97 Å². The minimum Gasteiger partial charge on any atom is -0.481 e. The van der Waals surface area contributed by atoms with E-state index in [0.29, 0.717) is 44.3 Å². The molecule has 3 aromatic rings. The van der Waals surface area contributed by atoms with Crippen molar-refractivity contribution in [2.45, 2.75) is 32.7 Å². The molecule has 1 saturated carbocycles. The Morgan fingerprint density at radius 3 is 2.54 bits per heavy atom. The first-order valence-electron chi connectivity index (χ1n) is 13.2. The first kappa shape index (κ1) is 26.4. The Kier molecular flexibility index (Phi) is 7.92. The van der Waals surface area contributed by atoms with Crippen LogP contribution in [0.2, 0.25) is 0 Å². The number of carboxylic acids is 1. The van der Waals surface area contributed by atoms with E-state index in [1.165, 1.54) is 0 Å². The number of nitrogens with one attached hydrogen (secondary N) is 1. The Morgan fingerprint density at radius 1 is 1.08 bits per heavy atom. The molecule has 2 aromatic carbocycles. The Morgan fingerprint density at radius 2 is 1.85 bits per heavy atom. The van der Waals surface area contributed by atoms with Crippen LogP contribution in [0.3, 0.4) is 0 Å². The van der Waals surface area contributed by atoms with E-state index in [1.807, 2.05) is 42.5 Å². The number of nitrogens with zero attached hydrogens (tertiary/aromatic N) is 3. The number of rotatable bonds is 10. The van der Waals surface area contributed by atoms with E-state index in [1.54, 1.807) is 17.9 Å². The van der Waals surface area contributed by atoms with Crippen molar-refractivity contribution in [3.8, 4) is 11.1 Å². The van der Waals surface area contributed by atoms with E-state index in [-0.39, 0.29) is 36.4 Å². The van der Waals surface area contributed by atoms with Gasteiger partial charge in [0.1, 0.15) is 5.76 Å². The van der Waals surface area contributed by atoms with Crippen LogP contribution in [0.25, 0.3) is 11.1 Å². The highest BCUT2D eigenvalue weighted by Gasteiger charge is 2.33. The van der Waals surface area contributed by atoms with Crippen LogP contribution < -0.4 is 10.2 Å². The summed E-state index contributed by atoms with van der Waals surface area (Å²) < 4.78 is 10.6. The van der Waals surface area contributed by atoms with E-state index >= 15 is 0 Å². The summed E-state index contributed by atoms with van der Waals surface area (Å²) in [5, 5.41) is 16.0. The number of ether oxygens (including phenoxy) is 1. The molecule has 204 valence electrons. The molecule has 0 bridgehead atoms. The number of aromatic nitrogens is 1. The number of carbonyl (C=O) groups excluding carboxylic acids is 2. The monoisotopic (exact) mass is 532 g/mol. The Hall–Kier alpha value is -4.18. The van der Waals surface area contributed by atoms with Crippen LogP contribution in [0.4, 0.5) is 11.4 Å². The Labute approximate surface area is 226 Å². The summed E-state index contributed by atoms with van der Waals surface area (Å²) in [6.45, 7) is 4.90. The summed E-state index contributed by atoms with van der Waals surface area (Å²) >= 11 is 0. The van der Waals surface area contributed by atoms with Gasteiger partial charge in [-0.1, -0.05) is 29.4 Å². The number of carbonyl (C=O) groups is 3. The molecule has 1 saturated heterocycles. The molecule has 0 radical (unpaired) electrons. The van der Waals surface area contributed by atoms with Gasteiger partial charge in [0, 0.05) is 38.2 Å². The van der Waals surface area contributed by atoms with Crippen molar-refractivity contribution in [3.05, 3.63) is 65.5 Å². The summed E-state index contributed by atoms with van der Waals surface area (Å²) in [6.07, 6.45) is 1.63. The van der Waals surface area contributed by atoms with Gasteiger partial charge in [-0.15, -0.1) is 0 Å². The van der Waals surface area contributed by atoms with E-state index in [9.17, 15) is 14.4 Å². The first-order valence-corrected chi connectivity index (χ1v) is 13.2. The summed E-state index contributed by atoms with van der Waals surface area (Å²) in [7, 11) is 0. The molecule has 39 heavy (non-hydrogen) atoms. The lowest BCUT2D eigenvalue weighted by molar-refractivity contribution is -0.139. The average molecular weight is 533 g/mol. The predicted octanol–water partition coefficient (Wildman–Crippen LogP) is 3.95. The normalized spacial score (nSPS) is 15.2. The fourth-order valence-electron chi connectivity index (χ4n) is 4.71. The minimum atomic E-state index is -0.923. The number of carboxylic acid groups (broad SMARTS) is 1. The molecule has 2 fully saturated rings. The molecule has 2 aliphatic rings. The van der Waals surface area contributed by atoms with Crippen LogP contribution in [0.1, 0.15) is 41.1 Å². The lowest BCUT2D eigenvalue weighted by Gasteiger charge is -2.30. The van der Waals surface area contributed by atoms with Gasteiger partial charge in [0.25, 0.3) is 5.91 Å². The van der Waals surface area contributed by atoms with Gasteiger partial charge in [0.2, 0.25) is 5.91 Å². The van der Waals surface area contributed by atoms with Gasteiger partial charge in [0.15, 0.2) is 5.69 Å². The molecule has 5 rings (SSSR count). The zero-order valence-corrected chi connectivity index (χ0v) is 21.9. The van der Waals surface area contributed by atoms with Crippen molar-refractivity contribution in [2.24, 2.45) is 5.92 Å². The lowest BCUT2D eigenvalue weighted by Crippen LogP contribution is -2.36. The molecule has 0 atom stereocenters. The van der Waals surface area contributed by atoms with E-state index in [2.05, 4.69) is 15.4 Å². The number of aliphatic carboxylic acids is 1. The van der Waals surface area contributed by atoms with Crippen molar-refractivity contribution in [1.82, 2.24) is 10.1 Å². The maximum absolute atomic E-state index is 13.0. The van der Waals surface area contributed by atoms with E-state index in [0.717, 1.165) is 35.2 Å². The molecule has 2 N–H and O–H groups in total. The van der Waals surface area contributed by atoms with Crippen molar-refractivity contribution in [2.75, 3.05) is 43.1 Å². The van der Waals surface area contributed by atoms with Gasteiger partial charge in [-0.3, -0.25) is 14.4 Å². The Balaban J connectivity index is 1.41. The minimum absolute atomic E-state index is 0.00869. The van der Waals surface area contributed by atoms with Crippen LogP contribution in [0.15, 0.2) is 53.1 Å². The SMILES string of the molecule is Cc1cc(C(=O)Nc2cc(-c3cccc(CN(CCC(=O)O)C(=O)C4CC4)c3)ccc2N2CCOCC2)no1. The molecule has 2 heterocycles. The smallest absolute Gasteiger partial charge is 0.305 e. The van der Waals surface area contributed by atoms with Gasteiger partial charge in [-0.25, -0.2) is 0 Å². The van der Waals surface area contributed by atoms with Gasteiger partial charge in [-0.05, 0) is 54.7 Å². The highest BCUT2D eigenvalue weighted by atomic mass is 16.5. The van der Waals surface area contributed by atoms with Crippen LogP contribution in [-0.2, 0) is 20.9 Å². The number of hydrogen-bond acceptors (Lipinski definition) is 7. The molecule has 0 spiro atoms. The van der Waals surface area contributed by atoms with Crippen molar-refractivity contribution < 1.29 is 28.8 Å². The number of anilines is 2. The summed E-state index contributed by atoms with van der Waals surface area (Å²) in [6, 6.07) is 15.4. The van der Waals surface area contributed by atoms with Crippen molar-refractivity contribution in [3.63, 3.8) is 0 Å². The number of hydrogen-bond donors (Lipinski definition) is 2. The molecular formula is C29H32N4O6. The summed E-state index contributed by atoms with van der Waals surface area (Å²) in [5.74, 6) is -0.705. The topological polar surface area (TPSA) is 125 Å².